The maximum atomic E-state index is 13.2. The van der Waals surface area contributed by atoms with Crippen LogP contribution in [0.5, 0.6) is 0 Å². The summed E-state index contributed by atoms with van der Waals surface area (Å²) >= 11 is 0. The van der Waals surface area contributed by atoms with E-state index >= 15 is 0 Å². The topological polar surface area (TPSA) is 118 Å². The molecule has 1 aliphatic rings. The zero-order valence-corrected chi connectivity index (χ0v) is 17.3. The van der Waals surface area contributed by atoms with Crippen LogP contribution < -0.4 is 11.1 Å². The summed E-state index contributed by atoms with van der Waals surface area (Å²) in [6.07, 6.45) is 1.99. The molecular weight excluding hydrogens is 421 g/mol. The van der Waals surface area contributed by atoms with Crippen LogP contribution in [0.1, 0.15) is 27.3 Å². The second-order valence-electron chi connectivity index (χ2n) is 7.07. The van der Waals surface area contributed by atoms with Gasteiger partial charge in [0, 0.05) is 31.4 Å². The van der Waals surface area contributed by atoms with E-state index in [2.05, 4.69) is 15.3 Å². The third-order valence-corrected chi connectivity index (χ3v) is 6.88. The third-order valence-electron chi connectivity index (χ3n) is 5.02. The van der Waals surface area contributed by atoms with Crippen LogP contribution in [0.4, 0.5) is 10.2 Å². The molecule has 0 bridgehead atoms. The Kier molecular flexibility index (Phi) is 5.66. The van der Waals surface area contributed by atoms with Gasteiger partial charge in [0.2, 0.25) is 10.0 Å². The van der Waals surface area contributed by atoms with E-state index in [-0.39, 0.29) is 35.9 Å². The Labute approximate surface area is 179 Å². The predicted octanol–water partition coefficient (Wildman–Crippen LogP) is 1.87. The van der Waals surface area contributed by atoms with Crippen molar-refractivity contribution in [2.24, 2.45) is 0 Å². The first-order valence-corrected chi connectivity index (χ1v) is 11.0. The van der Waals surface area contributed by atoms with Crippen molar-refractivity contribution in [1.82, 2.24) is 19.6 Å². The van der Waals surface area contributed by atoms with Gasteiger partial charge >= 0.3 is 0 Å². The number of carbonyl (C=O) groups is 1. The summed E-state index contributed by atoms with van der Waals surface area (Å²) in [6, 6.07) is 11.6. The predicted molar refractivity (Wildman–Crippen MR) is 112 cm³/mol. The molecule has 4 rings (SSSR count). The van der Waals surface area contributed by atoms with Crippen LogP contribution in [0.15, 0.2) is 59.6 Å². The minimum absolute atomic E-state index is 0.00841. The van der Waals surface area contributed by atoms with E-state index in [0.29, 0.717) is 23.4 Å². The number of rotatable bonds is 5. The van der Waals surface area contributed by atoms with Crippen molar-refractivity contribution < 1.29 is 17.6 Å². The van der Waals surface area contributed by atoms with Gasteiger partial charge in [0.1, 0.15) is 11.6 Å². The molecule has 3 aromatic rings. The van der Waals surface area contributed by atoms with Gasteiger partial charge in [-0.1, -0.05) is 6.07 Å². The molecule has 0 radical (unpaired) electrons. The van der Waals surface area contributed by atoms with Gasteiger partial charge in [0.15, 0.2) is 0 Å². The number of benzene rings is 1. The van der Waals surface area contributed by atoms with Crippen LogP contribution in [-0.4, -0.2) is 35.1 Å². The van der Waals surface area contributed by atoms with Crippen molar-refractivity contribution in [3.63, 3.8) is 0 Å². The molecule has 2 aromatic heterocycles. The van der Waals surface area contributed by atoms with Gasteiger partial charge in [-0.3, -0.25) is 9.78 Å². The first kappa shape index (κ1) is 20.9. The average molecular weight is 441 g/mol. The molecule has 0 atom stereocenters. The van der Waals surface area contributed by atoms with Crippen molar-refractivity contribution in [2.45, 2.75) is 24.4 Å². The molecule has 0 spiro atoms. The monoisotopic (exact) mass is 441 g/mol. The molecule has 1 aliphatic heterocycles. The van der Waals surface area contributed by atoms with Crippen LogP contribution in [0, 0.1) is 5.82 Å². The second-order valence-corrected chi connectivity index (χ2v) is 9.01. The number of aromatic nitrogens is 2. The largest absolute Gasteiger partial charge is 0.383 e. The lowest BCUT2D eigenvalue weighted by atomic mass is 10.0. The smallest absolute Gasteiger partial charge is 0.255 e. The Hall–Kier alpha value is -3.37. The van der Waals surface area contributed by atoms with Gasteiger partial charge < -0.3 is 11.1 Å². The summed E-state index contributed by atoms with van der Waals surface area (Å²) in [5, 5.41) is 2.75. The lowest BCUT2D eigenvalue weighted by molar-refractivity contribution is 0.0951. The van der Waals surface area contributed by atoms with Gasteiger partial charge in [0.25, 0.3) is 5.91 Å². The number of sulfonamides is 1. The zero-order valence-electron chi connectivity index (χ0n) is 16.5. The standard InChI is InChI=1S/C21H20FN5O3S/c22-15-4-6-17(7-5-15)31(29,30)27-10-8-19-14(13-27)11-18(20(23)26-19)21(28)25-12-16-3-1-2-9-24-16/h1-7,9,11H,8,10,12-13H2,(H2,23,26)(H,25,28). The molecule has 0 saturated heterocycles. The molecule has 10 heteroatoms. The van der Waals surface area contributed by atoms with Crippen molar-refractivity contribution in [3.8, 4) is 0 Å². The third kappa shape index (κ3) is 4.39. The molecule has 0 fully saturated rings. The number of carbonyl (C=O) groups excluding carboxylic acids is 1. The maximum absolute atomic E-state index is 13.2. The number of pyridine rings is 2. The molecular formula is C21H20FN5O3S. The van der Waals surface area contributed by atoms with E-state index in [1.807, 2.05) is 6.07 Å². The molecule has 0 aliphatic carbocycles. The van der Waals surface area contributed by atoms with Gasteiger partial charge in [0.05, 0.1) is 22.7 Å². The first-order valence-electron chi connectivity index (χ1n) is 9.56. The highest BCUT2D eigenvalue weighted by Crippen LogP contribution is 2.26. The molecule has 1 aromatic carbocycles. The molecule has 31 heavy (non-hydrogen) atoms. The Morgan fingerprint density at radius 3 is 2.68 bits per heavy atom. The highest BCUT2D eigenvalue weighted by molar-refractivity contribution is 7.89. The molecule has 160 valence electrons. The Bertz CT molecular complexity index is 1220. The van der Waals surface area contributed by atoms with Gasteiger partial charge in [-0.05, 0) is 48.0 Å². The Morgan fingerprint density at radius 1 is 1.19 bits per heavy atom. The van der Waals surface area contributed by atoms with Crippen molar-refractivity contribution in [3.05, 3.63) is 83.1 Å². The minimum Gasteiger partial charge on any atom is -0.383 e. The fraction of sp³-hybridized carbons (Fsp3) is 0.190. The maximum Gasteiger partial charge on any atom is 0.255 e. The van der Waals surface area contributed by atoms with E-state index < -0.39 is 21.7 Å². The highest BCUT2D eigenvalue weighted by Gasteiger charge is 2.30. The summed E-state index contributed by atoms with van der Waals surface area (Å²) in [5.41, 5.74) is 8.12. The number of nitrogen functional groups attached to an aromatic ring is 1. The van der Waals surface area contributed by atoms with Crippen molar-refractivity contribution in [1.29, 1.82) is 0 Å². The number of hydrogen-bond acceptors (Lipinski definition) is 6. The number of nitrogens with two attached hydrogens (primary N) is 1. The number of hydrogen-bond donors (Lipinski definition) is 2. The summed E-state index contributed by atoms with van der Waals surface area (Å²) < 4.78 is 40.3. The normalized spacial score (nSPS) is 14.1. The van der Waals surface area contributed by atoms with Gasteiger partial charge in [-0.25, -0.2) is 17.8 Å². The quantitative estimate of drug-likeness (QED) is 0.624. The SMILES string of the molecule is Nc1nc2c(cc1C(=O)NCc1ccccn1)CN(S(=O)(=O)c1ccc(F)cc1)CC2. The van der Waals surface area contributed by atoms with Crippen LogP contribution >= 0.6 is 0 Å². The van der Waals surface area contributed by atoms with Crippen molar-refractivity contribution in [2.75, 3.05) is 12.3 Å². The number of anilines is 1. The lowest BCUT2D eigenvalue weighted by Crippen LogP contribution is -2.37. The van der Waals surface area contributed by atoms with E-state index in [4.69, 9.17) is 5.73 Å². The summed E-state index contributed by atoms with van der Waals surface area (Å²) in [5.74, 6) is -0.840. The molecule has 3 heterocycles. The minimum atomic E-state index is -3.81. The molecule has 8 nitrogen and oxygen atoms in total. The molecule has 0 unspecified atom stereocenters. The fourth-order valence-electron chi connectivity index (χ4n) is 3.37. The van der Waals surface area contributed by atoms with Gasteiger partial charge in [-0.2, -0.15) is 4.31 Å². The number of halogens is 1. The molecule has 3 N–H and O–H groups in total. The van der Waals surface area contributed by atoms with E-state index in [1.54, 1.807) is 24.4 Å². The van der Waals surface area contributed by atoms with E-state index in [0.717, 1.165) is 12.1 Å². The van der Waals surface area contributed by atoms with Gasteiger partial charge in [-0.15, -0.1) is 0 Å². The molecule has 1 amide bonds. The van der Waals surface area contributed by atoms with Crippen LogP contribution in [-0.2, 0) is 29.5 Å². The number of nitrogens with one attached hydrogen (secondary N) is 1. The van der Waals surface area contributed by atoms with Crippen LogP contribution in [0.3, 0.4) is 0 Å². The first-order chi connectivity index (χ1) is 14.8. The average Bonchev–Trinajstić information content (AvgIpc) is 2.77. The number of nitrogens with zero attached hydrogens (tertiary/aromatic N) is 3. The zero-order chi connectivity index (χ0) is 22.0. The molecule has 0 saturated carbocycles. The van der Waals surface area contributed by atoms with E-state index in [1.165, 1.54) is 16.4 Å². The second kappa shape index (κ2) is 8.40. The highest BCUT2D eigenvalue weighted by atomic mass is 32.2. The number of fused-ring (bicyclic) bond motifs is 1. The Balaban J connectivity index is 1.55. The van der Waals surface area contributed by atoms with Crippen molar-refractivity contribution >= 4 is 21.7 Å². The fourth-order valence-corrected chi connectivity index (χ4v) is 4.79. The van der Waals surface area contributed by atoms with Crippen LogP contribution in [0.25, 0.3) is 0 Å². The van der Waals surface area contributed by atoms with E-state index in [9.17, 15) is 17.6 Å². The summed E-state index contributed by atoms with van der Waals surface area (Å²) in [7, 11) is -3.81. The van der Waals surface area contributed by atoms with Crippen LogP contribution in [0.2, 0.25) is 0 Å². The summed E-state index contributed by atoms with van der Waals surface area (Å²) in [4.78, 5) is 21.1. The Morgan fingerprint density at radius 2 is 1.97 bits per heavy atom. The lowest BCUT2D eigenvalue weighted by Gasteiger charge is -2.28. The number of amides is 1. The summed E-state index contributed by atoms with van der Waals surface area (Å²) in [6.45, 7) is 0.481.